The first-order valence-corrected chi connectivity index (χ1v) is 8.58. The van der Waals surface area contributed by atoms with Crippen LogP contribution in [0.25, 0.3) is 0 Å². The van der Waals surface area contributed by atoms with Gasteiger partial charge in [-0.3, -0.25) is 4.79 Å². The number of carbonyl (C=O) groups excluding carboxylic acids is 1. The fraction of sp³-hybridized carbons (Fsp3) is 0.684. The number of hydrogen-bond acceptors (Lipinski definition) is 2. The molecule has 22 heavy (non-hydrogen) atoms. The fourth-order valence-electron chi connectivity index (χ4n) is 5.14. The van der Waals surface area contributed by atoms with Crippen molar-refractivity contribution in [3.8, 4) is 6.07 Å². The molecule has 0 radical (unpaired) electrons. The van der Waals surface area contributed by atoms with Crippen molar-refractivity contribution >= 4 is 5.91 Å². The summed E-state index contributed by atoms with van der Waals surface area (Å²) in [5.41, 5.74) is 2.98. The van der Waals surface area contributed by atoms with Crippen molar-refractivity contribution in [1.29, 1.82) is 5.26 Å². The van der Waals surface area contributed by atoms with Crippen LogP contribution in [-0.4, -0.2) is 12.5 Å². The van der Waals surface area contributed by atoms with Crippen molar-refractivity contribution in [2.75, 3.05) is 6.54 Å². The Morgan fingerprint density at radius 1 is 1.50 bits per heavy atom. The van der Waals surface area contributed by atoms with Crippen LogP contribution in [0.4, 0.5) is 0 Å². The Labute approximate surface area is 133 Å². The van der Waals surface area contributed by atoms with Gasteiger partial charge in [0.1, 0.15) is 0 Å². The molecule has 1 heterocycles. The quantitative estimate of drug-likeness (QED) is 0.790. The first-order chi connectivity index (χ1) is 10.6. The highest BCUT2D eigenvalue weighted by molar-refractivity contribution is 5.88. The molecule has 3 heteroatoms. The smallest absolute Gasteiger partial charge is 0.243 e. The molecule has 3 rings (SSSR count). The zero-order valence-electron chi connectivity index (χ0n) is 13.7. The lowest BCUT2D eigenvalue weighted by atomic mass is 9.52. The summed E-state index contributed by atoms with van der Waals surface area (Å²) in [5.74, 6) is 1.94. The normalized spacial score (nSPS) is 37.7. The number of carbonyl (C=O) groups is 1. The zero-order valence-corrected chi connectivity index (χ0v) is 13.7. The molecule has 0 unspecified atom stereocenters. The van der Waals surface area contributed by atoms with Crippen LogP contribution in [0.3, 0.4) is 0 Å². The van der Waals surface area contributed by atoms with Gasteiger partial charge in [0, 0.05) is 19.0 Å². The van der Waals surface area contributed by atoms with Crippen LogP contribution in [0, 0.1) is 34.5 Å². The number of fused-ring (bicyclic) bond motifs is 3. The summed E-state index contributed by atoms with van der Waals surface area (Å²) in [7, 11) is 0. The van der Waals surface area contributed by atoms with Crippen molar-refractivity contribution in [2.45, 2.75) is 52.4 Å². The first-order valence-electron chi connectivity index (χ1n) is 8.58. The van der Waals surface area contributed by atoms with Crippen LogP contribution < -0.4 is 5.32 Å². The van der Waals surface area contributed by atoms with E-state index in [0.717, 1.165) is 32.2 Å². The number of amides is 1. The third-order valence-electron chi connectivity index (χ3n) is 6.43. The standard InChI is InChI=1S/C19H26N2O/c1-13-5-8-17-16(15(13)4-3-10-20)7-6-14-12-18(22)21-11-9-19(14,17)2/h5,12,15-17H,3-4,6-9,11H2,1-2H3,(H,21,22)/t15-,16+,17+,19+/m1/s1. The maximum absolute atomic E-state index is 11.9. The van der Waals surface area contributed by atoms with Crippen LogP contribution in [0.2, 0.25) is 0 Å². The average Bonchev–Trinajstić information content (AvgIpc) is 2.64. The molecule has 0 spiro atoms. The Morgan fingerprint density at radius 2 is 2.32 bits per heavy atom. The van der Waals surface area contributed by atoms with Gasteiger partial charge in [0.15, 0.2) is 0 Å². The fourth-order valence-corrected chi connectivity index (χ4v) is 5.14. The summed E-state index contributed by atoms with van der Waals surface area (Å²) < 4.78 is 0. The molecular weight excluding hydrogens is 272 g/mol. The van der Waals surface area contributed by atoms with Crippen LogP contribution >= 0.6 is 0 Å². The van der Waals surface area contributed by atoms with Gasteiger partial charge >= 0.3 is 0 Å². The number of nitrogens with zero attached hydrogens (tertiary/aromatic N) is 1. The summed E-state index contributed by atoms with van der Waals surface area (Å²) in [5, 5.41) is 12.0. The van der Waals surface area contributed by atoms with Gasteiger partial charge in [-0.2, -0.15) is 5.26 Å². The molecule has 0 aromatic carbocycles. The van der Waals surface area contributed by atoms with Gasteiger partial charge in [0.05, 0.1) is 6.07 Å². The topological polar surface area (TPSA) is 52.9 Å². The van der Waals surface area contributed by atoms with Gasteiger partial charge in [-0.1, -0.05) is 24.1 Å². The summed E-state index contributed by atoms with van der Waals surface area (Å²) in [6.45, 7) is 5.39. The van der Waals surface area contributed by atoms with Crippen molar-refractivity contribution in [3.05, 3.63) is 23.3 Å². The minimum Gasteiger partial charge on any atom is -0.353 e. The molecule has 1 fully saturated rings. The Morgan fingerprint density at radius 3 is 3.09 bits per heavy atom. The predicted octanol–water partition coefficient (Wildman–Crippen LogP) is 3.74. The molecule has 118 valence electrons. The van der Waals surface area contributed by atoms with Gasteiger partial charge in [-0.15, -0.1) is 0 Å². The highest BCUT2D eigenvalue weighted by Gasteiger charge is 2.48. The van der Waals surface area contributed by atoms with E-state index in [2.05, 4.69) is 31.3 Å². The lowest BCUT2D eigenvalue weighted by molar-refractivity contribution is -0.116. The summed E-state index contributed by atoms with van der Waals surface area (Å²) in [6, 6.07) is 2.32. The Hall–Kier alpha value is -1.56. The molecule has 1 saturated carbocycles. The SMILES string of the molecule is CC1=CC[C@H]2[C@@H](CCC3=CC(=O)NCC[C@@]32C)[C@@H]1CCC#N. The van der Waals surface area contributed by atoms with E-state index in [-0.39, 0.29) is 11.3 Å². The molecule has 1 amide bonds. The van der Waals surface area contributed by atoms with Crippen molar-refractivity contribution in [2.24, 2.45) is 23.2 Å². The largest absolute Gasteiger partial charge is 0.353 e. The average molecular weight is 298 g/mol. The van der Waals surface area contributed by atoms with Crippen LogP contribution in [0.15, 0.2) is 23.3 Å². The second-order valence-electron chi connectivity index (χ2n) is 7.42. The van der Waals surface area contributed by atoms with E-state index >= 15 is 0 Å². The van der Waals surface area contributed by atoms with Crippen molar-refractivity contribution in [3.63, 3.8) is 0 Å². The van der Waals surface area contributed by atoms with Crippen LogP contribution in [0.1, 0.15) is 52.4 Å². The molecule has 4 atom stereocenters. The number of rotatable bonds is 2. The third kappa shape index (κ3) is 2.49. The molecule has 3 aliphatic rings. The zero-order chi connectivity index (χ0) is 15.7. The third-order valence-corrected chi connectivity index (χ3v) is 6.43. The molecule has 2 aliphatic carbocycles. The number of allylic oxidation sites excluding steroid dienone is 3. The maximum atomic E-state index is 11.9. The molecule has 0 bridgehead atoms. The van der Waals surface area contributed by atoms with E-state index in [1.807, 2.05) is 6.08 Å². The van der Waals surface area contributed by atoms with Crippen LogP contribution in [-0.2, 0) is 4.79 Å². The summed E-state index contributed by atoms with van der Waals surface area (Å²) in [4.78, 5) is 11.9. The van der Waals surface area contributed by atoms with E-state index in [9.17, 15) is 4.79 Å². The molecular formula is C19H26N2O. The Bertz CT molecular complexity index is 568. The Balaban J connectivity index is 1.92. The van der Waals surface area contributed by atoms with E-state index in [4.69, 9.17) is 5.26 Å². The number of nitriles is 1. The number of hydrogen-bond donors (Lipinski definition) is 1. The molecule has 0 aromatic rings. The van der Waals surface area contributed by atoms with E-state index in [1.165, 1.54) is 17.6 Å². The van der Waals surface area contributed by atoms with Crippen molar-refractivity contribution < 1.29 is 4.79 Å². The van der Waals surface area contributed by atoms with Crippen molar-refractivity contribution in [1.82, 2.24) is 5.32 Å². The predicted molar refractivity (Wildman–Crippen MR) is 86.7 cm³/mol. The molecule has 0 saturated heterocycles. The van der Waals surface area contributed by atoms with E-state index < -0.39 is 0 Å². The van der Waals surface area contributed by atoms with Gasteiger partial charge in [-0.25, -0.2) is 0 Å². The second-order valence-corrected chi connectivity index (χ2v) is 7.42. The van der Waals surface area contributed by atoms with E-state index in [0.29, 0.717) is 24.2 Å². The summed E-state index contributed by atoms with van der Waals surface area (Å²) >= 11 is 0. The molecule has 1 aliphatic heterocycles. The monoisotopic (exact) mass is 298 g/mol. The van der Waals surface area contributed by atoms with Gasteiger partial charge in [-0.05, 0) is 62.2 Å². The lowest BCUT2D eigenvalue weighted by Crippen LogP contribution is -2.44. The maximum Gasteiger partial charge on any atom is 0.243 e. The minimum atomic E-state index is 0.0840. The number of nitrogens with one attached hydrogen (secondary N) is 1. The molecule has 3 nitrogen and oxygen atoms in total. The lowest BCUT2D eigenvalue weighted by Gasteiger charge is -2.52. The van der Waals surface area contributed by atoms with Gasteiger partial charge < -0.3 is 5.32 Å². The van der Waals surface area contributed by atoms with E-state index in [1.54, 1.807) is 0 Å². The first kappa shape index (κ1) is 15.3. The second kappa shape index (κ2) is 5.91. The highest BCUT2D eigenvalue weighted by atomic mass is 16.1. The Kier molecular flexibility index (Phi) is 4.12. The highest BCUT2D eigenvalue weighted by Crippen LogP contribution is 2.57. The van der Waals surface area contributed by atoms with Crippen LogP contribution in [0.5, 0.6) is 0 Å². The molecule has 0 aromatic heterocycles. The van der Waals surface area contributed by atoms with Gasteiger partial charge in [0.25, 0.3) is 0 Å². The van der Waals surface area contributed by atoms with Gasteiger partial charge in [0.2, 0.25) is 5.91 Å². The molecule has 1 N–H and O–H groups in total. The minimum absolute atomic E-state index is 0.0840. The summed E-state index contributed by atoms with van der Waals surface area (Å²) in [6.07, 6.45) is 10.3.